The number of benzene rings is 2. The van der Waals surface area contributed by atoms with E-state index < -0.39 is 4.87 Å². The zero-order valence-corrected chi connectivity index (χ0v) is 23.3. The predicted octanol–water partition coefficient (Wildman–Crippen LogP) is 2.17. The monoisotopic (exact) mass is 542 g/mol. The van der Waals surface area contributed by atoms with E-state index in [1.54, 1.807) is 19.1 Å². The Hall–Kier alpha value is -2.63. The standard InChI is InChI=1S/C28H38N4O5S/c1-21(34)20-29-28(27(35)30(2)24-7-4-5-8-26(24)38-28)23-19-22(36-3)9-10-25(23)37-18-6-11-31-12-14-32(15-13-31)16-17-33/h4-5,7-10,19,29,33H,6,11-18,20H2,1-3H3. The van der Waals surface area contributed by atoms with Crippen LogP contribution in [-0.4, -0.2) is 99.8 Å². The van der Waals surface area contributed by atoms with Crippen molar-refractivity contribution in [3.05, 3.63) is 48.0 Å². The van der Waals surface area contributed by atoms with E-state index in [0.717, 1.165) is 56.3 Å². The Morgan fingerprint density at radius 1 is 1.11 bits per heavy atom. The summed E-state index contributed by atoms with van der Waals surface area (Å²) in [7, 11) is 3.35. The Bertz CT molecular complexity index is 1120. The van der Waals surface area contributed by atoms with Crippen LogP contribution in [0.4, 0.5) is 5.69 Å². The van der Waals surface area contributed by atoms with Crippen molar-refractivity contribution in [2.75, 3.05) is 78.1 Å². The maximum absolute atomic E-state index is 14.0. The first-order valence-electron chi connectivity index (χ1n) is 13.1. The third-order valence-electron chi connectivity index (χ3n) is 7.01. The molecule has 0 aromatic heterocycles. The molecule has 38 heavy (non-hydrogen) atoms. The van der Waals surface area contributed by atoms with Crippen LogP contribution < -0.4 is 19.7 Å². The van der Waals surface area contributed by atoms with Gasteiger partial charge in [0.2, 0.25) is 0 Å². The summed E-state index contributed by atoms with van der Waals surface area (Å²) in [5, 5.41) is 12.4. The minimum absolute atomic E-state index is 0.0354. The van der Waals surface area contributed by atoms with Crippen LogP contribution in [0.3, 0.4) is 0 Å². The third-order valence-corrected chi connectivity index (χ3v) is 8.42. The van der Waals surface area contributed by atoms with Gasteiger partial charge in [0.1, 0.15) is 17.3 Å². The molecule has 0 bridgehead atoms. The van der Waals surface area contributed by atoms with Crippen molar-refractivity contribution >= 4 is 29.1 Å². The third kappa shape index (κ3) is 6.32. The van der Waals surface area contributed by atoms with Crippen molar-refractivity contribution in [3.8, 4) is 11.5 Å². The van der Waals surface area contributed by atoms with E-state index in [9.17, 15) is 9.59 Å². The van der Waals surface area contributed by atoms with Gasteiger partial charge in [-0.2, -0.15) is 0 Å². The number of anilines is 1. The van der Waals surface area contributed by atoms with E-state index in [4.69, 9.17) is 14.6 Å². The van der Waals surface area contributed by atoms with Crippen LogP contribution in [0.1, 0.15) is 18.9 Å². The van der Waals surface area contributed by atoms with Crippen molar-refractivity contribution in [1.29, 1.82) is 0 Å². The number of likely N-dealkylation sites (N-methyl/N-ethyl adjacent to an activating group) is 1. The Morgan fingerprint density at radius 3 is 2.50 bits per heavy atom. The number of fused-ring (bicyclic) bond motifs is 1. The second-order valence-electron chi connectivity index (χ2n) is 9.64. The SMILES string of the molecule is COc1ccc(OCCCN2CCN(CCO)CC2)c(C2(NCC(C)=O)Sc3ccccc3N(C)C2=O)c1. The molecule has 2 aromatic rings. The molecule has 1 amide bonds. The van der Waals surface area contributed by atoms with E-state index >= 15 is 0 Å². The van der Waals surface area contributed by atoms with Gasteiger partial charge in [-0.05, 0) is 43.7 Å². The highest BCUT2D eigenvalue weighted by atomic mass is 32.2. The molecular formula is C28H38N4O5S. The maximum atomic E-state index is 14.0. The van der Waals surface area contributed by atoms with Crippen LogP contribution in [0.15, 0.2) is 47.4 Å². The second kappa shape index (κ2) is 12.9. The Morgan fingerprint density at radius 2 is 1.82 bits per heavy atom. The predicted molar refractivity (Wildman–Crippen MR) is 149 cm³/mol. The van der Waals surface area contributed by atoms with Crippen molar-refractivity contribution in [1.82, 2.24) is 15.1 Å². The molecule has 4 rings (SSSR count). The molecule has 9 nitrogen and oxygen atoms in total. The quantitative estimate of drug-likeness (QED) is 0.392. The molecular weight excluding hydrogens is 504 g/mol. The molecule has 1 unspecified atom stereocenters. The lowest BCUT2D eigenvalue weighted by Gasteiger charge is -2.41. The number of hydrogen-bond acceptors (Lipinski definition) is 9. The van der Waals surface area contributed by atoms with Gasteiger partial charge < -0.3 is 24.4 Å². The number of ketones is 1. The average molecular weight is 543 g/mol. The first kappa shape index (κ1) is 28.4. The molecule has 2 aromatic carbocycles. The zero-order chi connectivity index (χ0) is 27.1. The molecule has 2 heterocycles. The van der Waals surface area contributed by atoms with E-state index in [0.29, 0.717) is 23.7 Å². The van der Waals surface area contributed by atoms with Gasteiger partial charge >= 0.3 is 0 Å². The van der Waals surface area contributed by atoms with Gasteiger partial charge in [0, 0.05) is 56.8 Å². The number of hydrogen-bond donors (Lipinski definition) is 2. The molecule has 1 saturated heterocycles. The summed E-state index contributed by atoms with van der Waals surface area (Å²) in [4.78, 5) is 32.0. The number of Topliss-reactive ketones (excluding diaryl/α,β-unsaturated/α-hetero) is 1. The lowest BCUT2D eigenvalue weighted by Crippen LogP contribution is -2.56. The summed E-state index contributed by atoms with van der Waals surface area (Å²) in [6.45, 7) is 7.74. The van der Waals surface area contributed by atoms with Gasteiger partial charge in [-0.25, -0.2) is 0 Å². The van der Waals surface area contributed by atoms with Crippen LogP contribution in [-0.2, 0) is 14.5 Å². The number of nitrogens with one attached hydrogen (secondary N) is 1. The van der Waals surface area contributed by atoms with Crippen molar-refractivity contribution in [2.24, 2.45) is 0 Å². The average Bonchev–Trinajstić information content (AvgIpc) is 2.93. The highest BCUT2D eigenvalue weighted by Crippen LogP contribution is 2.51. The summed E-state index contributed by atoms with van der Waals surface area (Å²) < 4.78 is 11.8. The highest BCUT2D eigenvalue weighted by Gasteiger charge is 2.49. The Labute approximate surface area is 229 Å². The van der Waals surface area contributed by atoms with Gasteiger partial charge in [0.05, 0.1) is 32.6 Å². The molecule has 0 radical (unpaired) electrons. The Balaban J connectivity index is 1.55. The first-order valence-corrected chi connectivity index (χ1v) is 13.9. The zero-order valence-electron chi connectivity index (χ0n) is 22.4. The van der Waals surface area contributed by atoms with Crippen LogP contribution in [0.2, 0.25) is 0 Å². The van der Waals surface area contributed by atoms with E-state index in [-0.39, 0.29) is 24.8 Å². The number of methoxy groups -OCH3 is 1. The normalized spacial score (nSPS) is 20.3. The van der Waals surface area contributed by atoms with E-state index in [1.165, 1.54) is 18.7 Å². The van der Waals surface area contributed by atoms with Crippen molar-refractivity contribution < 1.29 is 24.2 Å². The van der Waals surface area contributed by atoms with Gasteiger partial charge in [-0.1, -0.05) is 23.9 Å². The second-order valence-corrected chi connectivity index (χ2v) is 10.9. The first-order chi connectivity index (χ1) is 18.4. The Kier molecular flexibility index (Phi) is 9.67. The number of carbonyl (C=O) groups excluding carboxylic acids is 2. The summed E-state index contributed by atoms with van der Waals surface area (Å²) in [5.74, 6) is 0.945. The largest absolute Gasteiger partial charge is 0.497 e. The molecule has 1 fully saturated rings. The minimum Gasteiger partial charge on any atom is -0.497 e. The molecule has 206 valence electrons. The number of para-hydroxylation sites is 1. The van der Waals surface area contributed by atoms with E-state index in [2.05, 4.69) is 15.1 Å². The molecule has 10 heteroatoms. The number of ether oxygens (including phenoxy) is 2. The number of piperazine rings is 1. The number of aliphatic hydroxyl groups is 1. The molecule has 2 aliphatic rings. The number of amides is 1. The van der Waals surface area contributed by atoms with Gasteiger partial charge in [0.15, 0.2) is 4.87 Å². The fourth-order valence-corrected chi connectivity index (χ4v) is 6.31. The summed E-state index contributed by atoms with van der Waals surface area (Å²) in [5.41, 5.74) is 1.46. The molecule has 1 atom stereocenters. The van der Waals surface area contributed by atoms with Crippen molar-refractivity contribution in [3.63, 3.8) is 0 Å². The summed E-state index contributed by atoms with van der Waals surface area (Å²) in [6, 6.07) is 13.2. The number of β-amino-alcohol motifs (C(OH)–C–C–N with tert-alkyl or cyclic N) is 1. The van der Waals surface area contributed by atoms with Gasteiger partial charge in [-0.15, -0.1) is 0 Å². The lowest BCUT2D eigenvalue weighted by atomic mass is 10.0. The van der Waals surface area contributed by atoms with Crippen LogP contribution >= 0.6 is 11.8 Å². The minimum atomic E-state index is -1.26. The van der Waals surface area contributed by atoms with Crippen LogP contribution in [0.5, 0.6) is 11.5 Å². The molecule has 2 aliphatic heterocycles. The highest BCUT2D eigenvalue weighted by molar-refractivity contribution is 8.01. The molecule has 0 spiro atoms. The number of carbonyl (C=O) groups is 2. The van der Waals surface area contributed by atoms with Crippen LogP contribution in [0.25, 0.3) is 0 Å². The smallest absolute Gasteiger partial charge is 0.262 e. The fourth-order valence-electron chi connectivity index (χ4n) is 4.89. The summed E-state index contributed by atoms with van der Waals surface area (Å²) >= 11 is 1.39. The lowest BCUT2D eigenvalue weighted by molar-refractivity contribution is -0.122. The molecule has 0 saturated carbocycles. The number of aliphatic hydroxyl groups excluding tert-OH is 1. The van der Waals surface area contributed by atoms with E-state index in [1.807, 2.05) is 42.5 Å². The summed E-state index contributed by atoms with van der Waals surface area (Å²) in [6.07, 6.45) is 0.836. The number of nitrogens with zero attached hydrogens (tertiary/aromatic N) is 3. The topological polar surface area (TPSA) is 94.6 Å². The number of rotatable bonds is 12. The van der Waals surface area contributed by atoms with Gasteiger partial charge in [-0.3, -0.25) is 19.8 Å². The van der Waals surface area contributed by atoms with Crippen molar-refractivity contribution in [2.45, 2.75) is 23.1 Å². The maximum Gasteiger partial charge on any atom is 0.262 e. The van der Waals surface area contributed by atoms with Crippen LogP contribution in [0, 0.1) is 0 Å². The molecule has 2 N–H and O–H groups in total. The molecule has 0 aliphatic carbocycles. The van der Waals surface area contributed by atoms with Gasteiger partial charge in [0.25, 0.3) is 5.91 Å². The fraction of sp³-hybridized carbons (Fsp3) is 0.500. The number of thioether (sulfide) groups is 1.